The van der Waals surface area contributed by atoms with Crippen LogP contribution in [0, 0.1) is 0 Å². The number of ether oxygens (including phenoxy) is 2. The summed E-state index contributed by atoms with van der Waals surface area (Å²) in [7, 11) is 0. The van der Waals surface area contributed by atoms with Crippen LogP contribution < -0.4 is 4.74 Å². The van der Waals surface area contributed by atoms with Crippen LogP contribution in [0.3, 0.4) is 0 Å². The zero-order valence-corrected chi connectivity index (χ0v) is 14.7. The summed E-state index contributed by atoms with van der Waals surface area (Å²) in [5.41, 5.74) is 4.35. The molecular formula is C22H22O3. The van der Waals surface area contributed by atoms with Gasteiger partial charge in [-0.3, -0.25) is 0 Å². The average molecular weight is 334 g/mol. The van der Waals surface area contributed by atoms with E-state index in [9.17, 15) is 4.79 Å². The van der Waals surface area contributed by atoms with Crippen molar-refractivity contribution in [3.05, 3.63) is 90.7 Å². The van der Waals surface area contributed by atoms with E-state index in [0.717, 1.165) is 22.3 Å². The molecule has 25 heavy (non-hydrogen) atoms. The van der Waals surface area contributed by atoms with Gasteiger partial charge in [-0.05, 0) is 48.2 Å². The fraction of sp³-hybridized carbons (Fsp3) is 0.136. The van der Waals surface area contributed by atoms with Crippen LogP contribution >= 0.6 is 0 Å². The van der Waals surface area contributed by atoms with Crippen LogP contribution in [-0.2, 0) is 16.1 Å². The van der Waals surface area contributed by atoms with Crippen molar-refractivity contribution >= 4 is 5.97 Å². The smallest absolute Gasteiger partial charge is 0.338 e. The highest BCUT2D eigenvalue weighted by atomic mass is 16.5. The minimum absolute atomic E-state index is 0.371. The number of benzene rings is 2. The third-order valence-corrected chi connectivity index (χ3v) is 3.59. The standard InChI is InChI=1S/C22H22O3/c1-15(2)17(5)24-14-18-6-8-19(9-7-18)20-10-12-21(13-11-20)25-22(23)16(3)4/h6-13H,1,3,5,14H2,2,4H3. The van der Waals surface area contributed by atoms with Crippen molar-refractivity contribution in [1.29, 1.82) is 0 Å². The Morgan fingerprint density at radius 1 is 0.840 bits per heavy atom. The van der Waals surface area contributed by atoms with Crippen molar-refractivity contribution in [2.75, 3.05) is 0 Å². The molecule has 0 radical (unpaired) electrons. The Morgan fingerprint density at radius 2 is 1.36 bits per heavy atom. The van der Waals surface area contributed by atoms with E-state index in [1.165, 1.54) is 0 Å². The lowest BCUT2D eigenvalue weighted by Crippen LogP contribution is -2.07. The van der Waals surface area contributed by atoms with Gasteiger partial charge in [-0.25, -0.2) is 4.79 Å². The van der Waals surface area contributed by atoms with Crippen molar-refractivity contribution in [3.8, 4) is 16.9 Å². The predicted octanol–water partition coefficient (Wildman–Crippen LogP) is 5.44. The lowest BCUT2D eigenvalue weighted by atomic mass is 10.0. The van der Waals surface area contributed by atoms with Crippen LogP contribution in [-0.4, -0.2) is 5.97 Å². The molecule has 0 unspecified atom stereocenters. The van der Waals surface area contributed by atoms with Crippen molar-refractivity contribution < 1.29 is 14.3 Å². The molecule has 0 amide bonds. The molecule has 0 aliphatic carbocycles. The number of carbonyl (C=O) groups is 1. The first-order valence-electron chi connectivity index (χ1n) is 7.91. The Labute approximate surface area is 148 Å². The molecule has 2 aromatic carbocycles. The van der Waals surface area contributed by atoms with Gasteiger partial charge in [-0.15, -0.1) is 0 Å². The summed E-state index contributed by atoms with van der Waals surface area (Å²) >= 11 is 0. The summed E-state index contributed by atoms with van der Waals surface area (Å²) < 4.78 is 10.7. The SMILES string of the molecule is C=C(C)C(=C)OCc1ccc(-c2ccc(OC(=O)C(=C)C)cc2)cc1. The van der Waals surface area contributed by atoms with Gasteiger partial charge in [0, 0.05) is 5.57 Å². The molecular weight excluding hydrogens is 312 g/mol. The van der Waals surface area contributed by atoms with Crippen LogP contribution in [0.1, 0.15) is 19.4 Å². The van der Waals surface area contributed by atoms with Crippen LogP contribution in [0.15, 0.2) is 85.2 Å². The van der Waals surface area contributed by atoms with Gasteiger partial charge >= 0.3 is 5.97 Å². The molecule has 0 aliphatic heterocycles. The molecule has 0 atom stereocenters. The van der Waals surface area contributed by atoms with Crippen molar-refractivity contribution in [2.45, 2.75) is 20.5 Å². The molecule has 0 spiro atoms. The van der Waals surface area contributed by atoms with E-state index in [0.29, 0.717) is 23.7 Å². The van der Waals surface area contributed by atoms with Gasteiger partial charge in [0.05, 0.1) is 0 Å². The largest absolute Gasteiger partial charge is 0.489 e. The highest BCUT2D eigenvalue weighted by molar-refractivity contribution is 5.88. The normalized spacial score (nSPS) is 10.0. The lowest BCUT2D eigenvalue weighted by molar-refractivity contribution is -0.130. The zero-order valence-electron chi connectivity index (χ0n) is 14.7. The maximum Gasteiger partial charge on any atom is 0.338 e. The molecule has 0 fully saturated rings. The van der Waals surface area contributed by atoms with Crippen LogP contribution in [0.2, 0.25) is 0 Å². The van der Waals surface area contributed by atoms with E-state index >= 15 is 0 Å². The molecule has 0 aromatic heterocycles. The first kappa shape index (κ1) is 18.3. The molecule has 3 heteroatoms. The molecule has 0 saturated carbocycles. The van der Waals surface area contributed by atoms with Crippen LogP contribution in [0.25, 0.3) is 11.1 Å². The summed E-state index contributed by atoms with van der Waals surface area (Å²) in [5.74, 6) is 0.678. The van der Waals surface area contributed by atoms with Crippen molar-refractivity contribution in [3.63, 3.8) is 0 Å². The molecule has 0 N–H and O–H groups in total. The van der Waals surface area contributed by atoms with E-state index in [2.05, 4.69) is 19.7 Å². The second-order valence-electron chi connectivity index (χ2n) is 5.88. The molecule has 128 valence electrons. The van der Waals surface area contributed by atoms with E-state index in [-0.39, 0.29) is 0 Å². The average Bonchev–Trinajstić information content (AvgIpc) is 2.60. The third-order valence-electron chi connectivity index (χ3n) is 3.59. The summed E-state index contributed by atoms with van der Waals surface area (Å²) in [6.45, 7) is 15.1. The monoisotopic (exact) mass is 334 g/mol. The molecule has 0 aliphatic rings. The maximum absolute atomic E-state index is 11.5. The lowest BCUT2D eigenvalue weighted by Gasteiger charge is -2.10. The van der Waals surface area contributed by atoms with Gasteiger partial charge in [-0.2, -0.15) is 0 Å². The summed E-state index contributed by atoms with van der Waals surface area (Å²) in [5, 5.41) is 0. The van der Waals surface area contributed by atoms with Gasteiger partial charge in [0.15, 0.2) is 0 Å². The fourth-order valence-corrected chi connectivity index (χ4v) is 2.00. The van der Waals surface area contributed by atoms with Crippen LogP contribution in [0.5, 0.6) is 5.75 Å². The maximum atomic E-state index is 11.5. The fourth-order valence-electron chi connectivity index (χ4n) is 2.00. The van der Waals surface area contributed by atoms with Gasteiger partial charge in [0.25, 0.3) is 0 Å². The van der Waals surface area contributed by atoms with E-state index in [1.807, 2.05) is 43.3 Å². The molecule has 3 nitrogen and oxygen atoms in total. The number of rotatable bonds is 7. The van der Waals surface area contributed by atoms with Gasteiger partial charge in [-0.1, -0.05) is 56.1 Å². The number of carbonyl (C=O) groups excluding carboxylic acids is 1. The highest BCUT2D eigenvalue weighted by Crippen LogP contribution is 2.23. The second kappa shape index (κ2) is 8.15. The molecule has 0 heterocycles. The summed E-state index contributed by atoms with van der Waals surface area (Å²) in [6.07, 6.45) is 0. The first-order valence-corrected chi connectivity index (χ1v) is 7.91. The summed E-state index contributed by atoms with van der Waals surface area (Å²) in [6, 6.07) is 15.4. The second-order valence-corrected chi connectivity index (χ2v) is 5.88. The third kappa shape index (κ3) is 5.21. The van der Waals surface area contributed by atoms with Gasteiger partial charge in [0.2, 0.25) is 0 Å². The highest BCUT2D eigenvalue weighted by Gasteiger charge is 2.06. The predicted molar refractivity (Wildman–Crippen MR) is 101 cm³/mol. The minimum atomic E-state index is -0.423. The number of hydrogen-bond donors (Lipinski definition) is 0. The van der Waals surface area contributed by atoms with Gasteiger partial charge < -0.3 is 9.47 Å². The molecule has 0 saturated heterocycles. The van der Waals surface area contributed by atoms with E-state index in [4.69, 9.17) is 9.47 Å². The quantitative estimate of drug-likeness (QED) is 0.222. The Hall–Kier alpha value is -3.07. The Bertz CT molecular complexity index is 796. The molecule has 2 aromatic rings. The Morgan fingerprint density at radius 3 is 1.84 bits per heavy atom. The number of allylic oxidation sites excluding steroid dienone is 1. The topological polar surface area (TPSA) is 35.5 Å². The van der Waals surface area contributed by atoms with Crippen LogP contribution in [0.4, 0.5) is 0 Å². The summed E-state index contributed by atoms with van der Waals surface area (Å²) in [4.78, 5) is 11.5. The molecule has 2 rings (SSSR count). The Kier molecular flexibility index (Phi) is 5.96. The van der Waals surface area contributed by atoms with E-state index < -0.39 is 5.97 Å². The zero-order chi connectivity index (χ0) is 18.4. The Balaban J connectivity index is 2.02. The minimum Gasteiger partial charge on any atom is -0.489 e. The van der Waals surface area contributed by atoms with Gasteiger partial charge in [0.1, 0.15) is 18.1 Å². The molecule has 0 bridgehead atoms. The van der Waals surface area contributed by atoms with Crippen molar-refractivity contribution in [2.24, 2.45) is 0 Å². The van der Waals surface area contributed by atoms with Crippen molar-refractivity contribution in [1.82, 2.24) is 0 Å². The number of hydrogen-bond acceptors (Lipinski definition) is 3. The van der Waals surface area contributed by atoms with E-state index in [1.54, 1.807) is 19.1 Å². The number of esters is 1. The first-order chi connectivity index (χ1) is 11.9.